The summed E-state index contributed by atoms with van der Waals surface area (Å²) in [7, 11) is 3.91. The van der Waals surface area contributed by atoms with Gasteiger partial charge in [0.05, 0.1) is 12.6 Å². The first-order chi connectivity index (χ1) is 9.47. The van der Waals surface area contributed by atoms with Gasteiger partial charge in [0, 0.05) is 18.1 Å². The monoisotopic (exact) mass is 338 g/mol. The quantitative estimate of drug-likeness (QED) is 0.906. The molecule has 0 aliphatic heterocycles. The van der Waals surface area contributed by atoms with E-state index >= 15 is 0 Å². The van der Waals surface area contributed by atoms with E-state index in [4.69, 9.17) is 0 Å². The molecule has 1 atom stereocenters. The summed E-state index contributed by atoms with van der Waals surface area (Å²) in [6, 6.07) is 7.73. The van der Waals surface area contributed by atoms with Gasteiger partial charge in [0.15, 0.2) is 0 Å². The van der Waals surface area contributed by atoms with Crippen LogP contribution in [0.15, 0.2) is 28.7 Å². The highest BCUT2D eigenvalue weighted by Gasteiger charge is 2.13. The van der Waals surface area contributed by atoms with Crippen molar-refractivity contribution in [1.29, 1.82) is 0 Å². The Morgan fingerprint density at radius 1 is 1.40 bits per heavy atom. The highest BCUT2D eigenvalue weighted by atomic mass is 79.9. The van der Waals surface area contributed by atoms with E-state index in [-0.39, 0.29) is 0 Å². The summed E-state index contributed by atoms with van der Waals surface area (Å²) in [4.78, 5) is 2.04. The summed E-state index contributed by atoms with van der Waals surface area (Å²) < 4.78 is 2.93. The number of aryl methyl sites for hydroxylation is 1. The molecule has 0 saturated carbocycles. The summed E-state index contributed by atoms with van der Waals surface area (Å²) in [5.41, 5.74) is 0.903. The Labute approximate surface area is 127 Å². The zero-order valence-corrected chi connectivity index (χ0v) is 13.5. The first-order valence-electron chi connectivity index (χ1n) is 6.44. The number of hydrogen-bond donors (Lipinski definition) is 1. The largest absolute Gasteiger partial charge is 0.387 e. The number of halogens is 1. The van der Waals surface area contributed by atoms with Crippen LogP contribution in [0.4, 0.5) is 0 Å². The van der Waals surface area contributed by atoms with Gasteiger partial charge >= 0.3 is 0 Å². The average molecular weight is 339 g/mol. The molecule has 1 aromatic heterocycles. The lowest BCUT2D eigenvalue weighted by molar-refractivity contribution is 0.122. The molecule has 2 aromatic rings. The van der Waals surface area contributed by atoms with Crippen LogP contribution in [0, 0.1) is 6.92 Å². The fourth-order valence-electron chi connectivity index (χ4n) is 2.01. The number of aliphatic hydroxyl groups is 1. The van der Waals surface area contributed by atoms with Crippen LogP contribution < -0.4 is 0 Å². The van der Waals surface area contributed by atoms with E-state index in [2.05, 4.69) is 26.1 Å². The predicted molar refractivity (Wildman–Crippen MR) is 81.2 cm³/mol. The van der Waals surface area contributed by atoms with E-state index in [1.165, 1.54) is 0 Å². The number of likely N-dealkylation sites (N-methyl/N-ethyl adjacent to an activating group) is 1. The Morgan fingerprint density at radius 2 is 2.15 bits per heavy atom. The number of benzene rings is 1. The van der Waals surface area contributed by atoms with E-state index in [1.54, 1.807) is 0 Å². The number of rotatable bonds is 5. The Kier molecular flexibility index (Phi) is 4.91. The molecule has 1 N–H and O–H groups in total. The third-order valence-corrected chi connectivity index (χ3v) is 3.81. The molecule has 0 aliphatic rings. The summed E-state index contributed by atoms with van der Waals surface area (Å²) in [5.74, 6) is 1.78. The Hall–Kier alpha value is -1.24. The van der Waals surface area contributed by atoms with Gasteiger partial charge in [-0.1, -0.05) is 28.1 Å². The molecule has 20 heavy (non-hydrogen) atoms. The predicted octanol–water partition coefficient (Wildman–Crippen LogP) is 2.05. The minimum atomic E-state index is -0.521. The van der Waals surface area contributed by atoms with Crippen LogP contribution in [0.5, 0.6) is 0 Å². The minimum absolute atomic E-state index is 0.521. The molecule has 0 radical (unpaired) electrons. The van der Waals surface area contributed by atoms with Crippen molar-refractivity contribution in [1.82, 2.24) is 19.7 Å². The molecule has 0 amide bonds. The summed E-state index contributed by atoms with van der Waals surface area (Å²) in [6.45, 7) is 3.12. The van der Waals surface area contributed by atoms with Crippen molar-refractivity contribution >= 4 is 15.9 Å². The van der Waals surface area contributed by atoms with E-state index in [1.807, 2.05) is 54.8 Å². The van der Waals surface area contributed by atoms with E-state index < -0.39 is 6.10 Å². The maximum absolute atomic E-state index is 10.3. The van der Waals surface area contributed by atoms with Crippen LogP contribution >= 0.6 is 15.9 Å². The summed E-state index contributed by atoms with van der Waals surface area (Å²) in [5, 5.41) is 18.4. The molecule has 1 aromatic carbocycles. The van der Waals surface area contributed by atoms with Crippen molar-refractivity contribution < 1.29 is 5.11 Å². The summed E-state index contributed by atoms with van der Waals surface area (Å²) in [6.07, 6.45) is -0.521. The molecule has 2 rings (SSSR count). The standard InChI is InChI=1S/C14H19BrN4O/c1-10-16-17-14(19(10)3)9-18(2)8-13(20)11-5-4-6-12(15)7-11/h4-7,13,20H,8-9H2,1-3H3. The number of aliphatic hydroxyl groups excluding tert-OH is 1. The van der Waals surface area contributed by atoms with Gasteiger partial charge in [0.2, 0.25) is 0 Å². The van der Waals surface area contributed by atoms with Crippen molar-refractivity contribution in [2.75, 3.05) is 13.6 Å². The van der Waals surface area contributed by atoms with Crippen molar-refractivity contribution in [3.63, 3.8) is 0 Å². The molecule has 0 aliphatic carbocycles. The van der Waals surface area contributed by atoms with Crippen LogP contribution in [-0.2, 0) is 13.6 Å². The van der Waals surface area contributed by atoms with Crippen LogP contribution in [0.3, 0.4) is 0 Å². The molecule has 108 valence electrons. The molecule has 0 saturated heterocycles. The maximum Gasteiger partial charge on any atom is 0.146 e. The molecule has 1 heterocycles. The smallest absolute Gasteiger partial charge is 0.146 e. The van der Waals surface area contributed by atoms with Gasteiger partial charge in [-0.05, 0) is 31.7 Å². The SMILES string of the molecule is Cc1nnc(CN(C)CC(O)c2cccc(Br)c2)n1C. The van der Waals surface area contributed by atoms with Gasteiger partial charge < -0.3 is 9.67 Å². The molecule has 0 bridgehead atoms. The van der Waals surface area contributed by atoms with Crippen LogP contribution in [0.25, 0.3) is 0 Å². The van der Waals surface area contributed by atoms with E-state index in [9.17, 15) is 5.11 Å². The van der Waals surface area contributed by atoms with Crippen LogP contribution in [0.1, 0.15) is 23.3 Å². The Bertz CT molecular complexity index is 584. The zero-order chi connectivity index (χ0) is 14.7. The van der Waals surface area contributed by atoms with Crippen molar-refractivity contribution in [3.05, 3.63) is 46.0 Å². The van der Waals surface area contributed by atoms with Gasteiger partial charge in [0.1, 0.15) is 11.6 Å². The fraction of sp³-hybridized carbons (Fsp3) is 0.429. The highest BCUT2D eigenvalue weighted by Crippen LogP contribution is 2.19. The van der Waals surface area contributed by atoms with Gasteiger partial charge in [-0.25, -0.2) is 0 Å². The van der Waals surface area contributed by atoms with E-state index in [0.717, 1.165) is 21.7 Å². The van der Waals surface area contributed by atoms with E-state index in [0.29, 0.717) is 13.1 Å². The first kappa shape index (κ1) is 15.2. The van der Waals surface area contributed by atoms with Crippen molar-refractivity contribution in [2.45, 2.75) is 19.6 Å². The second-order valence-electron chi connectivity index (χ2n) is 4.99. The Balaban J connectivity index is 1.97. The number of nitrogens with zero attached hydrogens (tertiary/aromatic N) is 4. The van der Waals surface area contributed by atoms with Crippen molar-refractivity contribution in [2.24, 2.45) is 7.05 Å². The third kappa shape index (κ3) is 3.65. The lowest BCUT2D eigenvalue weighted by Gasteiger charge is -2.20. The molecule has 1 unspecified atom stereocenters. The molecule has 5 nitrogen and oxygen atoms in total. The molecular formula is C14H19BrN4O. The van der Waals surface area contributed by atoms with Gasteiger partial charge in [-0.2, -0.15) is 0 Å². The molecule has 0 spiro atoms. The van der Waals surface area contributed by atoms with Gasteiger partial charge in [0.25, 0.3) is 0 Å². The molecular weight excluding hydrogens is 320 g/mol. The number of aromatic nitrogens is 3. The van der Waals surface area contributed by atoms with Gasteiger partial charge in [-0.15, -0.1) is 10.2 Å². The minimum Gasteiger partial charge on any atom is -0.387 e. The lowest BCUT2D eigenvalue weighted by Crippen LogP contribution is -2.25. The normalized spacial score (nSPS) is 12.9. The zero-order valence-electron chi connectivity index (χ0n) is 11.9. The molecule has 6 heteroatoms. The van der Waals surface area contributed by atoms with Crippen LogP contribution in [-0.4, -0.2) is 38.4 Å². The second-order valence-corrected chi connectivity index (χ2v) is 5.91. The van der Waals surface area contributed by atoms with Gasteiger partial charge in [-0.3, -0.25) is 4.90 Å². The Morgan fingerprint density at radius 3 is 2.75 bits per heavy atom. The fourth-order valence-corrected chi connectivity index (χ4v) is 2.43. The third-order valence-electron chi connectivity index (χ3n) is 3.31. The molecule has 0 fully saturated rings. The highest BCUT2D eigenvalue weighted by molar-refractivity contribution is 9.10. The number of hydrogen-bond acceptors (Lipinski definition) is 4. The summed E-state index contributed by atoms with van der Waals surface area (Å²) >= 11 is 3.42. The second kappa shape index (κ2) is 6.47. The average Bonchev–Trinajstić information content (AvgIpc) is 2.70. The van der Waals surface area contributed by atoms with Crippen LogP contribution in [0.2, 0.25) is 0 Å². The van der Waals surface area contributed by atoms with Crippen molar-refractivity contribution in [3.8, 4) is 0 Å². The lowest BCUT2D eigenvalue weighted by atomic mass is 10.1. The maximum atomic E-state index is 10.3. The first-order valence-corrected chi connectivity index (χ1v) is 7.23. The topological polar surface area (TPSA) is 54.2 Å².